The third kappa shape index (κ3) is 3.23. The van der Waals surface area contributed by atoms with Crippen molar-refractivity contribution in [1.29, 1.82) is 0 Å². The van der Waals surface area contributed by atoms with Crippen LogP contribution >= 0.6 is 20.2 Å². The topological polar surface area (TPSA) is 77.8 Å². The van der Waals surface area contributed by atoms with E-state index in [9.17, 15) is 4.57 Å². The van der Waals surface area contributed by atoms with Crippen molar-refractivity contribution in [3.63, 3.8) is 0 Å². The minimum Gasteiger partial charge on any atom is -0.392 e. The number of hydrogen-bond donors (Lipinski definition) is 4. The summed E-state index contributed by atoms with van der Waals surface area (Å²) in [6.45, 7) is 1.27. The lowest BCUT2D eigenvalue weighted by Crippen LogP contribution is -2.16. The fourth-order valence-electron chi connectivity index (χ4n) is 0.281. The summed E-state index contributed by atoms with van der Waals surface area (Å²) in [5.74, 6) is 0. The van der Waals surface area contributed by atoms with Gasteiger partial charge in [-0.05, 0) is 6.92 Å². The van der Waals surface area contributed by atoms with Crippen molar-refractivity contribution in [2.24, 2.45) is 0 Å². The summed E-state index contributed by atoms with van der Waals surface area (Å²) in [5.41, 5.74) is 0. The number of rotatable bonds is 2. The fraction of sp³-hybridized carbons (Fsp3) is 1.00. The van der Waals surface area contributed by atoms with Crippen LogP contribution in [0, 0.1) is 0 Å². The molecule has 56 valence electrons. The molecule has 0 bridgehead atoms. The van der Waals surface area contributed by atoms with Crippen LogP contribution in [0.5, 0.6) is 0 Å². The quantitative estimate of drug-likeness (QED) is 0.343. The summed E-state index contributed by atoms with van der Waals surface area (Å²) in [5, 5.41) is 8.59. The van der Waals surface area contributed by atoms with Crippen molar-refractivity contribution in [2.75, 3.05) is 0 Å². The second-order valence-corrected chi connectivity index (χ2v) is 4.44. The molecule has 0 unspecified atom stereocenters. The predicted molar refractivity (Wildman–Crippen MR) is 36.5 cm³/mol. The molecular weight excluding hydrogens is 163 g/mol. The molecule has 0 rings (SSSR count). The summed E-state index contributed by atoms with van der Waals surface area (Å²) in [4.78, 5) is 15.4. The molecule has 0 radical (unpaired) electrons. The Labute approximate surface area is 58.5 Å². The minimum absolute atomic E-state index is 1.09. The zero-order valence-electron chi connectivity index (χ0n) is 4.80. The molecular formula is C3H9O4PS. The van der Waals surface area contributed by atoms with Gasteiger partial charge in [0.2, 0.25) is 0 Å². The van der Waals surface area contributed by atoms with Crippen LogP contribution in [0.3, 0.4) is 0 Å². The van der Waals surface area contributed by atoms with Gasteiger partial charge in [-0.25, -0.2) is 0 Å². The van der Waals surface area contributed by atoms with E-state index in [1.165, 1.54) is 6.92 Å². The van der Waals surface area contributed by atoms with Crippen LogP contribution in [0.25, 0.3) is 0 Å². The highest BCUT2D eigenvalue weighted by molar-refractivity contribution is 7.89. The highest BCUT2D eigenvalue weighted by Gasteiger charge is 2.28. The molecule has 0 aromatic rings. The van der Waals surface area contributed by atoms with Crippen molar-refractivity contribution in [3.8, 4) is 0 Å². The Balaban J connectivity index is 4.05. The maximum Gasteiger partial charge on any atom is 0.340 e. The van der Waals surface area contributed by atoms with Crippen LogP contribution in [0.15, 0.2) is 0 Å². The van der Waals surface area contributed by atoms with Gasteiger partial charge >= 0.3 is 7.60 Å². The van der Waals surface area contributed by atoms with Crippen LogP contribution in [0.4, 0.5) is 0 Å². The second kappa shape index (κ2) is 3.03. The van der Waals surface area contributed by atoms with E-state index in [4.69, 9.17) is 14.9 Å². The largest absolute Gasteiger partial charge is 0.392 e. The molecule has 0 spiro atoms. The van der Waals surface area contributed by atoms with E-state index < -0.39 is 18.7 Å². The number of thiol groups is 1. The fourth-order valence-corrected chi connectivity index (χ4v) is 0.843. The molecule has 6 heteroatoms. The SMILES string of the molecule is C[C@H](O)[C@@H](S)P(=O)(O)O. The summed E-state index contributed by atoms with van der Waals surface area (Å²) < 4.78 is 10.2. The lowest BCUT2D eigenvalue weighted by molar-refractivity contribution is 0.200. The Kier molecular flexibility index (Phi) is 3.19. The van der Waals surface area contributed by atoms with Crippen LogP contribution in [-0.2, 0) is 4.57 Å². The molecule has 0 aromatic carbocycles. The average molecular weight is 172 g/mol. The Morgan fingerprint density at radius 1 is 1.56 bits per heavy atom. The molecule has 0 fully saturated rings. The van der Waals surface area contributed by atoms with Crippen LogP contribution in [0.1, 0.15) is 6.92 Å². The molecule has 9 heavy (non-hydrogen) atoms. The van der Waals surface area contributed by atoms with E-state index >= 15 is 0 Å². The first-order valence-electron chi connectivity index (χ1n) is 2.27. The normalized spacial score (nSPS) is 19.2. The van der Waals surface area contributed by atoms with Gasteiger partial charge in [0.05, 0.1) is 6.10 Å². The van der Waals surface area contributed by atoms with Gasteiger partial charge in [-0.2, -0.15) is 12.6 Å². The van der Waals surface area contributed by atoms with Crippen LogP contribution in [0.2, 0.25) is 0 Å². The summed E-state index contributed by atoms with van der Waals surface area (Å²) >= 11 is 3.49. The molecule has 3 N–H and O–H groups in total. The maximum atomic E-state index is 10.2. The summed E-state index contributed by atoms with van der Waals surface area (Å²) in [6.07, 6.45) is -1.09. The van der Waals surface area contributed by atoms with Crippen LogP contribution in [-0.4, -0.2) is 26.0 Å². The number of aliphatic hydroxyl groups excluding tert-OH is 1. The molecule has 0 aromatic heterocycles. The van der Waals surface area contributed by atoms with Gasteiger partial charge in [0, 0.05) is 0 Å². The molecule has 0 aliphatic heterocycles. The molecule has 4 nitrogen and oxygen atoms in total. The molecule has 0 aliphatic carbocycles. The molecule has 2 atom stereocenters. The third-order valence-corrected chi connectivity index (χ3v) is 3.23. The Morgan fingerprint density at radius 3 is 1.89 bits per heavy atom. The second-order valence-electron chi connectivity index (χ2n) is 1.74. The zero-order valence-corrected chi connectivity index (χ0v) is 6.59. The maximum absolute atomic E-state index is 10.2. The van der Waals surface area contributed by atoms with E-state index in [2.05, 4.69) is 12.6 Å². The first kappa shape index (κ1) is 9.46. The van der Waals surface area contributed by atoms with Gasteiger partial charge in [0.15, 0.2) is 0 Å². The number of aliphatic hydroxyl groups is 1. The monoisotopic (exact) mass is 172 g/mol. The first-order valence-corrected chi connectivity index (χ1v) is 4.47. The van der Waals surface area contributed by atoms with Gasteiger partial charge in [0.1, 0.15) is 4.99 Å². The van der Waals surface area contributed by atoms with E-state index in [0.29, 0.717) is 0 Å². The van der Waals surface area contributed by atoms with Crippen molar-refractivity contribution >= 4 is 20.2 Å². The zero-order chi connectivity index (χ0) is 7.65. The van der Waals surface area contributed by atoms with Crippen molar-refractivity contribution < 1.29 is 19.5 Å². The molecule has 0 amide bonds. The van der Waals surface area contributed by atoms with Crippen molar-refractivity contribution in [1.82, 2.24) is 0 Å². The summed E-state index contributed by atoms with van der Waals surface area (Å²) in [6, 6.07) is 0. The van der Waals surface area contributed by atoms with E-state index in [1.807, 2.05) is 0 Å². The predicted octanol–water partition coefficient (Wildman–Crippen LogP) is -0.199. The third-order valence-electron chi connectivity index (χ3n) is 0.776. The molecule has 0 heterocycles. The van der Waals surface area contributed by atoms with Gasteiger partial charge in [0.25, 0.3) is 0 Å². The molecule has 0 aliphatic rings. The minimum atomic E-state index is -4.20. The highest BCUT2D eigenvalue weighted by atomic mass is 32.1. The average Bonchev–Trinajstić information content (AvgIpc) is 1.62. The van der Waals surface area contributed by atoms with Crippen LogP contribution < -0.4 is 0 Å². The molecule has 0 saturated carbocycles. The van der Waals surface area contributed by atoms with E-state index in [0.717, 1.165) is 0 Å². The highest BCUT2D eigenvalue weighted by Crippen LogP contribution is 2.44. The lowest BCUT2D eigenvalue weighted by Gasteiger charge is -2.14. The Bertz CT molecular complexity index is 130. The van der Waals surface area contributed by atoms with Gasteiger partial charge in [-0.3, -0.25) is 4.57 Å². The standard InChI is InChI=1S/C3H9O4PS/c1-2(4)3(9)8(5,6)7/h2-4,9H,1H3,(H2,5,6,7)/t2-,3+/m0/s1. The van der Waals surface area contributed by atoms with Crippen molar-refractivity contribution in [2.45, 2.75) is 18.0 Å². The Hall–Kier alpha value is 0.460. The smallest absolute Gasteiger partial charge is 0.340 e. The van der Waals surface area contributed by atoms with Crippen molar-refractivity contribution in [3.05, 3.63) is 0 Å². The van der Waals surface area contributed by atoms with E-state index in [-0.39, 0.29) is 0 Å². The van der Waals surface area contributed by atoms with Gasteiger partial charge in [-0.15, -0.1) is 0 Å². The van der Waals surface area contributed by atoms with Gasteiger partial charge in [-0.1, -0.05) is 0 Å². The summed E-state index contributed by atoms with van der Waals surface area (Å²) in [7, 11) is -4.20. The number of hydrogen-bond acceptors (Lipinski definition) is 3. The van der Waals surface area contributed by atoms with E-state index in [1.54, 1.807) is 0 Å². The molecule has 0 saturated heterocycles. The lowest BCUT2D eigenvalue weighted by atomic mass is 10.5. The first-order chi connectivity index (χ1) is 3.85. The van der Waals surface area contributed by atoms with Gasteiger partial charge < -0.3 is 14.9 Å². The Morgan fingerprint density at radius 2 is 1.89 bits per heavy atom.